The molecular formula is C17H21IrO. The van der Waals surface area contributed by atoms with Crippen LogP contribution in [0.4, 0.5) is 0 Å². The number of hydrogen-bond donors (Lipinski definition) is 1. The molecule has 0 atom stereocenters. The van der Waals surface area contributed by atoms with E-state index in [0.29, 0.717) is 0 Å². The van der Waals surface area contributed by atoms with E-state index in [1.807, 2.05) is 6.92 Å². The molecule has 0 fully saturated rings. The van der Waals surface area contributed by atoms with Gasteiger partial charge in [0.25, 0.3) is 0 Å². The van der Waals surface area contributed by atoms with E-state index in [4.69, 9.17) is 5.11 Å². The van der Waals surface area contributed by atoms with E-state index in [1.165, 1.54) is 34.3 Å². The molecule has 0 spiro atoms. The molecule has 2 aliphatic carbocycles. The summed E-state index contributed by atoms with van der Waals surface area (Å²) in [4.78, 5) is 0. The van der Waals surface area contributed by atoms with E-state index in [9.17, 15) is 0 Å². The molecule has 1 N–H and O–H groups in total. The molecule has 2 rings (SSSR count). The minimum absolute atomic E-state index is 0. The summed E-state index contributed by atoms with van der Waals surface area (Å²) in [6, 6.07) is 0. The molecule has 0 amide bonds. The van der Waals surface area contributed by atoms with Crippen LogP contribution in [0.2, 0.25) is 0 Å². The zero-order valence-electron chi connectivity index (χ0n) is 12.4. The Morgan fingerprint density at radius 1 is 0.737 bits per heavy atom. The van der Waals surface area contributed by atoms with Gasteiger partial charge in [0, 0.05) is 32.1 Å². The number of aliphatic hydroxyl groups excluding tert-OH is 1. The quantitative estimate of drug-likeness (QED) is 0.535. The van der Waals surface area contributed by atoms with Crippen LogP contribution in [0.5, 0.6) is 0 Å². The number of aliphatic hydroxyl groups is 1. The third-order valence-electron chi connectivity index (χ3n) is 3.80. The zero-order chi connectivity index (χ0) is 13.9. The van der Waals surface area contributed by atoms with Crippen LogP contribution >= 0.6 is 0 Å². The molecule has 0 aromatic carbocycles. The zero-order valence-corrected chi connectivity index (χ0v) is 14.8. The van der Waals surface area contributed by atoms with Crippen molar-refractivity contribution in [3.8, 4) is 0 Å². The van der Waals surface area contributed by atoms with Crippen LogP contribution in [-0.2, 0) is 20.1 Å². The van der Waals surface area contributed by atoms with Gasteiger partial charge < -0.3 is 5.11 Å². The Hall–Kier alpha value is -1.03. The molecule has 0 aromatic heterocycles. The Balaban J connectivity index is 0.000000331. The molecule has 0 bridgehead atoms. The first kappa shape index (κ1) is 18.0. The second-order valence-corrected chi connectivity index (χ2v) is 4.77. The second kappa shape index (κ2) is 7.53. The van der Waals surface area contributed by atoms with E-state index in [2.05, 4.69) is 46.1 Å². The fraction of sp³-hybridized carbons (Fsp3) is 0.353. The van der Waals surface area contributed by atoms with Gasteiger partial charge in [-0.25, -0.2) is 0 Å². The first-order valence-corrected chi connectivity index (χ1v) is 6.13. The summed E-state index contributed by atoms with van der Waals surface area (Å²) in [5, 5.41) is 8.87. The Morgan fingerprint density at radius 2 is 1.16 bits per heavy atom. The van der Waals surface area contributed by atoms with Crippen LogP contribution in [0.3, 0.4) is 0 Å². The molecule has 0 heterocycles. The van der Waals surface area contributed by atoms with Crippen LogP contribution in [0.15, 0.2) is 57.2 Å². The molecule has 0 aliphatic heterocycles. The summed E-state index contributed by atoms with van der Waals surface area (Å²) in [5.74, 6) is 1.75. The largest absolute Gasteiger partial charge is 0.507 e. The Morgan fingerprint density at radius 3 is 1.37 bits per heavy atom. The maximum absolute atomic E-state index is 8.87. The van der Waals surface area contributed by atoms with Crippen molar-refractivity contribution in [2.24, 2.45) is 0 Å². The minimum Gasteiger partial charge on any atom is -0.507 e. The van der Waals surface area contributed by atoms with Crippen LogP contribution in [-0.4, -0.2) is 5.11 Å². The van der Waals surface area contributed by atoms with E-state index in [1.54, 1.807) is 6.08 Å². The van der Waals surface area contributed by atoms with E-state index < -0.39 is 0 Å². The minimum atomic E-state index is 0. The van der Waals surface area contributed by atoms with Gasteiger partial charge in [-0.3, -0.25) is 0 Å². The topological polar surface area (TPSA) is 20.2 Å². The molecule has 0 unspecified atom stereocenters. The Kier molecular flexibility index (Phi) is 7.12. The van der Waals surface area contributed by atoms with Gasteiger partial charge in [0.05, 0.1) is 0 Å². The number of allylic oxidation sites excluding steroid dienone is 7. The predicted octanol–water partition coefficient (Wildman–Crippen LogP) is 4.96. The van der Waals surface area contributed by atoms with Crippen LogP contribution < -0.4 is 0 Å². The van der Waals surface area contributed by atoms with Gasteiger partial charge in [-0.2, -0.15) is 0 Å². The fourth-order valence-corrected chi connectivity index (χ4v) is 1.85. The van der Waals surface area contributed by atoms with Gasteiger partial charge in [0.1, 0.15) is 5.76 Å². The predicted molar refractivity (Wildman–Crippen MR) is 77.2 cm³/mol. The van der Waals surface area contributed by atoms with Crippen molar-refractivity contribution >= 4 is 0 Å². The van der Waals surface area contributed by atoms with E-state index >= 15 is 0 Å². The van der Waals surface area contributed by atoms with Gasteiger partial charge in [-0.05, 0) is 57.4 Å². The summed E-state index contributed by atoms with van der Waals surface area (Å²) < 4.78 is 0. The number of rotatable bonds is 0. The monoisotopic (exact) mass is 434 g/mol. The summed E-state index contributed by atoms with van der Waals surface area (Å²) in [6.45, 7) is 12.8. The maximum Gasteiger partial charge on any atom is 0.127 e. The van der Waals surface area contributed by atoms with Crippen LogP contribution in [0.25, 0.3) is 0 Å². The number of hydrogen-bond acceptors (Lipinski definition) is 1. The summed E-state index contributed by atoms with van der Waals surface area (Å²) in [7, 11) is 0. The van der Waals surface area contributed by atoms with Gasteiger partial charge in [-0.15, -0.1) is 0 Å². The van der Waals surface area contributed by atoms with Crippen molar-refractivity contribution in [1.29, 1.82) is 0 Å². The van der Waals surface area contributed by atoms with Crippen LogP contribution in [0.1, 0.15) is 41.5 Å². The molecule has 0 saturated carbocycles. The molecule has 0 saturated heterocycles. The third-order valence-corrected chi connectivity index (χ3v) is 3.80. The van der Waals surface area contributed by atoms with Gasteiger partial charge in [-0.1, -0.05) is 29.5 Å². The first-order chi connectivity index (χ1) is 8.36. The van der Waals surface area contributed by atoms with Crippen molar-refractivity contribution in [3.63, 3.8) is 0 Å². The maximum atomic E-state index is 8.87. The third kappa shape index (κ3) is 4.23. The summed E-state index contributed by atoms with van der Waals surface area (Å²) in [6.07, 6.45) is 3.19. The van der Waals surface area contributed by atoms with Crippen molar-refractivity contribution in [3.05, 3.63) is 63.2 Å². The molecule has 1 nitrogen and oxygen atoms in total. The smallest absolute Gasteiger partial charge is 0.127 e. The first-order valence-electron chi connectivity index (χ1n) is 6.13. The second-order valence-electron chi connectivity index (χ2n) is 4.77. The van der Waals surface area contributed by atoms with Gasteiger partial charge in [0.2, 0.25) is 0 Å². The Labute approximate surface area is 130 Å². The van der Waals surface area contributed by atoms with Crippen molar-refractivity contribution in [2.45, 2.75) is 41.5 Å². The molecule has 104 valence electrons. The van der Waals surface area contributed by atoms with Crippen molar-refractivity contribution in [1.82, 2.24) is 0 Å². The average Bonchev–Trinajstić information content (AvgIpc) is 2.52. The SMILES string of the molecule is CC1=C(O)C=C=C=C1.C[C]1C(C)=C(C)C(C)=C1C.[Ir]. The van der Waals surface area contributed by atoms with E-state index in [0.717, 1.165) is 5.57 Å². The fourth-order valence-electron chi connectivity index (χ4n) is 1.85. The molecule has 2 radical (unpaired) electrons. The molecular weight excluding hydrogens is 412 g/mol. The molecule has 2 heteroatoms. The average molecular weight is 434 g/mol. The van der Waals surface area contributed by atoms with E-state index in [-0.39, 0.29) is 25.9 Å². The summed E-state index contributed by atoms with van der Waals surface area (Å²) in [5.41, 5.74) is 12.1. The Bertz CT molecular complexity index is 498. The van der Waals surface area contributed by atoms with Crippen LogP contribution in [0, 0.1) is 5.92 Å². The normalized spacial score (nSPS) is 17.8. The standard InChI is InChI=1S/C10H15.C7H6O.Ir/c1-6-7(2)9(4)10(5)8(6)3;1-6-4-2-3-5-7(6)8;/h1-5H3;4-5,8H,1H3;. The van der Waals surface area contributed by atoms with Gasteiger partial charge in [0.15, 0.2) is 0 Å². The molecule has 19 heavy (non-hydrogen) atoms. The molecule has 2 aliphatic rings. The molecule has 0 aromatic rings. The van der Waals surface area contributed by atoms with Gasteiger partial charge >= 0.3 is 0 Å². The summed E-state index contributed by atoms with van der Waals surface area (Å²) >= 11 is 0. The van der Waals surface area contributed by atoms with Crippen molar-refractivity contribution in [2.75, 3.05) is 0 Å². The van der Waals surface area contributed by atoms with Crippen molar-refractivity contribution < 1.29 is 25.2 Å².